The highest BCUT2D eigenvalue weighted by atomic mass is 35.5. The van der Waals surface area contributed by atoms with Crippen molar-refractivity contribution in [2.24, 2.45) is 11.1 Å². The number of hydrogen-bond donors (Lipinski definition) is 1. The Labute approximate surface area is 167 Å². The zero-order valence-corrected chi connectivity index (χ0v) is 17.2. The molecule has 0 radical (unpaired) electrons. The first-order valence-corrected chi connectivity index (χ1v) is 9.60. The van der Waals surface area contributed by atoms with Crippen LogP contribution in [0.4, 0.5) is 0 Å². The highest BCUT2D eigenvalue weighted by molar-refractivity contribution is 5.94. The molecule has 1 atom stereocenters. The monoisotopic (exact) mass is 388 g/mol. The van der Waals surface area contributed by atoms with Gasteiger partial charge in [-0.3, -0.25) is 4.79 Å². The number of carbonyl (C=O) groups is 1. The van der Waals surface area contributed by atoms with Gasteiger partial charge < -0.3 is 10.6 Å². The lowest BCUT2D eigenvalue weighted by Gasteiger charge is -2.22. The number of likely N-dealkylation sites (tertiary alicyclic amines) is 1. The summed E-state index contributed by atoms with van der Waals surface area (Å²) in [6, 6.07) is 6.40. The zero-order valence-electron chi connectivity index (χ0n) is 16.4. The van der Waals surface area contributed by atoms with Gasteiger partial charge in [0.15, 0.2) is 5.69 Å². The minimum atomic E-state index is 0. The third-order valence-electron chi connectivity index (χ3n) is 6.05. The van der Waals surface area contributed by atoms with Crippen molar-refractivity contribution in [2.75, 3.05) is 19.6 Å². The molecule has 0 saturated carbocycles. The van der Waals surface area contributed by atoms with Crippen LogP contribution < -0.4 is 5.73 Å². The quantitative estimate of drug-likeness (QED) is 0.878. The van der Waals surface area contributed by atoms with Gasteiger partial charge in [0.25, 0.3) is 5.91 Å². The molecule has 2 aromatic rings. The van der Waals surface area contributed by atoms with Crippen LogP contribution >= 0.6 is 12.4 Å². The van der Waals surface area contributed by atoms with E-state index in [0.717, 1.165) is 50.0 Å². The van der Waals surface area contributed by atoms with E-state index in [-0.39, 0.29) is 23.7 Å². The Balaban J connectivity index is 0.00000210. The largest absolute Gasteiger partial charge is 0.337 e. The minimum Gasteiger partial charge on any atom is -0.337 e. The number of halogens is 1. The van der Waals surface area contributed by atoms with E-state index in [1.165, 1.54) is 16.8 Å². The third kappa shape index (κ3) is 3.39. The molecule has 27 heavy (non-hydrogen) atoms. The Bertz CT molecular complexity index is 875. The maximum Gasteiger partial charge on any atom is 0.274 e. The SMILES string of the molecule is Cc1ccc(-n2nc(C(=O)N3CCC(C)(CN)C3)c3c2CCC3)c(C)c1.Cl. The van der Waals surface area contributed by atoms with Gasteiger partial charge in [0.05, 0.1) is 5.69 Å². The number of hydrogen-bond acceptors (Lipinski definition) is 3. The summed E-state index contributed by atoms with van der Waals surface area (Å²) in [7, 11) is 0. The highest BCUT2D eigenvalue weighted by Crippen LogP contribution is 2.33. The van der Waals surface area contributed by atoms with E-state index in [1.54, 1.807) is 0 Å². The maximum atomic E-state index is 13.2. The summed E-state index contributed by atoms with van der Waals surface area (Å²) < 4.78 is 2.02. The van der Waals surface area contributed by atoms with Crippen LogP contribution in [0.2, 0.25) is 0 Å². The number of benzene rings is 1. The molecule has 0 spiro atoms. The summed E-state index contributed by atoms with van der Waals surface area (Å²) in [5.41, 5.74) is 12.5. The van der Waals surface area contributed by atoms with Crippen molar-refractivity contribution in [3.8, 4) is 5.69 Å². The molecule has 4 rings (SSSR count). The van der Waals surface area contributed by atoms with Crippen LogP contribution in [-0.4, -0.2) is 40.2 Å². The molecule has 1 saturated heterocycles. The fourth-order valence-corrected chi connectivity index (χ4v) is 4.36. The van der Waals surface area contributed by atoms with Crippen molar-refractivity contribution in [1.29, 1.82) is 0 Å². The first-order valence-electron chi connectivity index (χ1n) is 9.60. The van der Waals surface area contributed by atoms with Crippen molar-refractivity contribution in [1.82, 2.24) is 14.7 Å². The molecule has 1 amide bonds. The van der Waals surface area contributed by atoms with Gasteiger partial charge in [-0.2, -0.15) is 5.10 Å². The average Bonchev–Trinajstić information content (AvgIpc) is 3.30. The number of amides is 1. The molecule has 0 bridgehead atoms. The van der Waals surface area contributed by atoms with E-state index in [1.807, 2.05) is 9.58 Å². The molecule has 146 valence electrons. The second-order valence-electron chi connectivity index (χ2n) is 8.32. The number of aryl methyl sites for hydroxylation is 2. The summed E-state index contributed by atoms with van der Waals surface area (Å²) in [4.78, 5) is 15.1. The van der Waals surface area contributed by atoms with Crippen LogP contribution in [0, 0.1) is 19.3 Å². The zero-order chi connectivity index (χ0) is 18.5. The fourth-order valence-electron chi connectivity index (χ4n) is 4.36. The van der Waals surface area contributed by atoms with Gasteiger partial charge in [-0.25, -0.2) is 4.68 Å². The van der Waals surface area contributed by atoms with Crippen LogP contribution in [0.5, 0.6) is 0 Å². The van der Waals surface area contributed by atoms with E-state index >= 15 is 0 Å². The number of carbonyl (C=O) groups excluding carboxylic acids is 1. The molecule has 1 fully saturated rings. The normalized spacial score (nSPS) is 21.3. The van der Waals surface area contributed by atoms with Crippen LogP contribution in [0.3, 0.4) is 0 Å². The van der Waals surface area contributed by atoms with Crippen molar-refractivity contribution in [2.45, 2.75) is 46.5 Å². The maximum absolute atomic E-state index is 13.2. The Morgan fingerprint density at radius 2 is 2.07 bits per heavy atom. The Morgan fingerprint density at radius 1 is 1.30 bits per heavy atom. The number of rotatable bonds is 3. The molecule has 1 aliphatic carbocycles. The predicted octanol–water partition coefficient (Wildman–Crippen LogP) is 3.21. The average molecular weight is 389 g/mol. The van der Waals surface area contributed by atoms with Crippen LogP contribution in [0.1, 0.15) is 52.6 Å². The third-order valence-corrected chi connectivity index (χ3v) is 6.05. The van der Waals surface area contributed by atoms with E-state index in [2.05, 4.69) is 39.0 Å². The second-order valence-corrected chi connectivity index (χ2v) is 8.32. The molecule has 2 aliphatic rings. The van der Waals surface area contributed by atoms with Gasteiger partial charge >= 0.3 is 0 Å². The van der Waals surface area contributed by atoms with Crippen LogP contribution in [0.25, 0.3) is 5.69 Å². The molecule has 1 aromatic carbocycles. The molecular weight excluding hydrogens is 360 g/mol. The first kappa shape index (κ1) is 19.9. The van der Waals surface area contributed by atoms with E-state index in [9.17, 15) is 4.79 Å². The standard InChI is InChI=1S/C21H28N4O.ClH/c1-14-7-8-17(15(2)11-14)25-18-6-4-5-16(18)19(23-25)20(26)24-10-9-21(3,12-22)13-24;/h7-8,11H,4-6,9-10,12-13,22H2,1-3H3;1H. The summed E-state index contributed by atoms with van der Waals surface area (Å²) in [6.45, 7) is 8.50. The van der Waals surface area contributed by atoms with E-state index in [0.29, 0.717) is 12.2 Å². The summed E-state index contributed by atoms with van der Waals surface area (Å²) >= 11 is 0. The Kier molecular flexibility index (Phi) is 5.37. The predicted molar refractivity (Wildman–Crippen MR) is 110 cm³/mol. The lowest BCUT2D eigenvalue weighted by Crippen LogP contribution is -2.35. The number of nitrogens with zero attached hydrogens (tertiary/aromatic N) is 3. The number of aromatic nitrogens is 2. The highest BCUT2D eigenvalue weighted by Gasteiger charge is 2.38. The van der Waals surface area contributed by atoms with Crippen molar-refractivity contribution < 1.29 is 4.79 Å². The second kappa shape index (κ2) is 7.28. The lowest BCUT2D eigenvalue weighted by molar-refractivity contribution is 0.0769. The minimum absolute atomic E-state index is 0. The summed E-state index contributed by atoms with van der Waals surface area (Å²) in [6.07, 6.45) is 4.00. The molecule has 1 aliphatic heterocycles. The Morgan fingerprint density at radius 3 is 2.74 bits per heavy atom. The molecule has 1 aromatic heterocycles. The van der Waals surface area contributed by atoms with Crippen LogP contribution in [-0.2, 0) is 12.8 Å². The molecular formula is C21H29ClN4O. The first-order chi connectivity index (χ1) is 12.4. The van der Waals surface area contributed by atoms with Crippen molar-refractivity contribution in [3.63, 3.8) is 0 Å². The molecule has 6 heteroatoms. The van der Waals surface area contributed by atoms with Gasteiger partial charge in [0.1, 0.15) is 0 Å². The van der Waals surface area contributed by atoms with E-state index in [4.69, 9.17) is 10.8 Å². The topological polar surface area (TPSA) is 64.2 Å². The summed E-state index contributed by atoms with van der Waals surface area (Å²) in [5, 5.41) is 4.80. The number of fused-ring (bicyclic) bond motifs is 1. The van der Waals surface area contributed by atoms with Gasteiger partial charge in [-0.15, -0.1) is 12.4 Å². The fraction of sp³-hybridized carbons (Fsp3) is 0.524. The van der Waals surface area contributed by atoms with Crippen molar-refractivity contribution >= 4 is 18.3 Å². The van der Waals surface area contributed by atoms with Crippen molar-refractivity contribution in [3.05, 3.63) is 46.3 Å². The summed E-state index contributed by atoms with van der Waals surface area (Å²) in [5.74, 6) is 0.0730. The molecule has 5 nitrogen and oxygen atoms in total. The lowest BCUT2D eigenvalue weighted by atomic mass is 9.90. The molecule has 2 N–H and O–H groups in total. The van der Waals surface area contributed by atoms with Gasteiger partial charge in [0, 0.05) is 24.3 Å². The van der Waals surface area contributed by atoms with Gasteiger partial charge in [-0.1, -0.05) is 24.6 Å². The smallest absolute Gasteiger partial charge is 0.274 e. The van der Waals surface area contributed by atoms with E-state index < -0.39 is 0 Å². The van der Waals surface area contributed by atoms with Gasteiger partial charge in [-0.05, 0) is 63.1 Å². The molecule has 2 heterocycles. The number of nitrogens with two attached hydrogens (primary N) is 1. The van der Waals surface area contributed by atoms with Crippen LogP contribution in [0.15, 0.2) is 18.2 Å². The van der Waals surface area contributed by atoms with Gasteiger partial charge in [0.2, 0.25) is 0 Å². The Hall–Kier alpha value is -1.85. The molecule has 1 unspecified atom stereocenters.